The number of benzene rings is 1. The molecule has 0 radical (unpaired) electrons. The van der Waals surface area contributed by atoms with Gasteiger partial charge in [-0.2, -0.15) is 0 Å². The second kappa shape index (κ2) is 6.55. The van der Waals surface area contributed by atoms with Gasteiger partial charge in [0.1, 0.15) is 0 Å². The average molecular weight is 301 g/mol. The third kappa shape index (κ3) is 2.77. The van der Waals surface area contributed by atoms with Crippen molar-refractivity contribution in [1.82, 2.24) is 4.57 Å². The van der Waals surface area contributed by atoms with Crippen molar-refractivity contribution in [3.05, 3.63) is 34.5 Å². The highest BCUT2D eigenvalue weighted by atomic mass is 16.4. The molecule has 2 rings (SSSR count). The van der Waals surface area contributed by atoms with Crippen LogP contribution in [0, 0.1) is 6.92 Å². The van der Waals surface area contributed by atoms with E-state index < -0.39 is 5.97 Å². The zero-order chi connectivity index (χ0) is 16.4. The number of aromatic nitrogens is 1. The smallest absolute Gasteiger partial charge is 0.335 e. The van der Waals surface area contributed by atoms with Gasteiger partial charge in [-0.1, -0.05) is 34.1 Å². The lowest BCUT2D eigenvalue weighted by molar-refractivity contribution is 0.0697. The molecule has 0 atom stereocenters. The molecule has 3 heteroatoms. The van der Waals surface area contributed by atoms with Gasteiger partial charge in [0.15, 0.2) is 0 Å². The fraction of sp³-hybridized carbons (Fsp3) is 0.526. The molecule has 0 spiro atoms. The van der Waals surface area contributed by atoms with Crippen LogP contribution in [0.15, 0.2) is 12.1 Å². The average Bonchev–Trinajstić information content (AvgIpc) is 2.72. The first-order chi connectivity index (χ1) is 10.4. The van der Waals surface area contributed by atoms with E-state index in [0.29, 0.717) is 11.5 Å². The quantitative estimate of drug-likeness (QED) is 0.803. The molecule has 120 valence electrons. The highest BCUT2D eigenvalue weighted by Gasteiger charge is 2.20. The molecule has 0 saturated heterocycles. The van der Waals surface area contributed by atoms with Crippen molar-refractivity contribution < 1.29 is 9.90 Å². The molecule has 0 saturated carbocycles. The SMILES string of the molecule is CCCc1c(C)n(CCC)c2c(C(C)C)cc(C(=O)O)cc12. The largest absolute Gasteiger partial charge is 0.478 e. The first-order valence-electron chi connectivity index (χ1n) is 8.31. The van der Waals surface area contributed by atoms with E-state index in [1.54, 1.807) is 0 Å². The minimum absolute atomic E-state index is 0.307. The second-order valence-electron chi connectivity index (χ2n) is 6.39. The molecule has 0 fully saturated rings. The van der Waals surface area contributed by atoms with Crippen molar-refractivity contribution in [1.29, 1.82) is 0 Å². The molecular formula is C19H27NO2. The number of nitrogens with zero attached hydrogens (tertiary/aromatic N) is 1. The Bertz CT molecular complexity index is 695. The van der Waals surface area contributed by atoms with Crippen molar-refractivity contribution >= 4 is 16.9 Å². The Morgan fingerprint density at radius 2 is 1.91 bits per heavy atom. The standard InChI is InChI=1S/C19H27NO2/c1-6-8-15-13(5)20(9-7-2)18-16(12(3)4)10-14(19(21)22)11-17(15)18/h10-12H,6-9H2,1-5H3,(H,21,22). The maximum Gasteiger partial charge on any atom is 0.335 e. The fourth-order valence-corrected chi connectivity index (χ4v) is 3.35. The van der Waals surface area contributed by atoms with Crippen LogP contribution in [-0.2, 0) is 13.0 Å². The molecule has 1 N–H and O–H groups in total. The molecule has 0 aliphatic carbocycles. The van der Waals surface area contributed by atoms with Gasteiger partial charge in [-0.15, -0.1) is 0 Å². The molecule has 0 amide bonds. The van der Waals surface area contributed by atoms with E-state index in [9.17, 15) is 9.90 Å². The van der Waals surface area contributed by atoms with E-state index in [1.165, 1.54) is 16.8 Å². The second-order valence-corrected chi connectivity index (χ2v) is 6.39. The number of hydrogen-bond donors (Lipinski definition) is 1. The molecule has 0 unspecified atom stereocenters. The normalized spacial score (nSPS) is 11.5. The molecular weight excluding hydrogens is 274 g/mol. The predicted molar refractivity (Wildman–Crippen MR) is 92.0 cm³/mol. The van der Waals surface area contributed by atoms with Crippen LogP contribution < -0.4 is 0 Å². The monoisotopic (exact) mass is 301 g/mol. The van der Waals surface area contributed by atoms with Gasteiger partial charge < -0.3 is 9.67 Å². The van der Waals surface area contributed by atoms with Crippen LogP contribution in [0.3, 0.4) is 0 Å². The van der Waals surface area contributed by atoms with Gasteiger partial charge >= 0.3 is 5.97 Å². The third-order valence-corrected chi connectivity index (χ3v) is 4.39. The molecule has 1 aromatic heterocycles. The van der Waals surface area contributed by atoms with Gasteiger partial charge in [-0.05, 0) is 48.9 Å². The lowest BCUT2D eigenvalue weighted by Gasteiger charge is -2.14. The predicted octanol–water partition coefficient (Wildman–Crippen LogP) is 5.13. The first-order valence-corrected chi connectivity index (χ1v) is 8.31. The van der Waals surface area contributed by atoms with Crippen molar-refractivity contribution in [2.75, 3.05) is 0 Å². The highest BCUT2D eigenvalue weighted by Crippen LogP contribution is 2.34. The maximum absolute atomic E-state index is 11.5. The van der Waals surface area contributed by atoms with Crippen LogP contribution in [0.4, 0.5) is 0 Å². The molecule has 3 nitrogen and oxygen atoms in total. The molecule has 2 aromatic rings. The van der Waals surface area contributed by atoms with Crippen molar-refractivity contribution in [2.24, 2.45) is 0 Å². The minimum Gasteiger partial charge on any atom is -0.478 e. The Kier molecular flexibility index (Phi) is 4.94. The number of hydrogen-bond acceptors (Lipinski definition) is 1. The van der Waals surface area contributed by atoms with Crippen LogP contribution in [0.1, 0.15) is 73.6 Å². The number of aromatic carboxylic acids is 1. The summed E-state index contributed by atoms with van der Waals surface area (Å²) in [6, 6.07) is 3.73. The van der Waals surface area contributed by atoms with Crippen LogP contribution in [-0.4, -0.2) is 15.6 Å². The number of carboxylic acids is 1. The summed E-state index contributed by atoms with van der Waals surface area (Å²) >= 11 is 0. The van der Waals surface area contributed by atoms with E-state index in [-0.39, 0.29) is 0 Å². The van der Waals surface area contributed by atoms with E-state index in [0.717, 1.165) is 36.8 Å². The van der Waals surface area contributed by atoms with Gasteiger partial charge in [0, 0.05) is 17.6 Å². The van der Waals surface area contributed by atoms with Crippen molar-refractivity contribution in [2.45, 2.75) is 66.3 Å². The van der Waals surface area contributed by atoms with Crippen LogP contribution in [0.25, 0.3) is 10.9 Å². The Morgan fingerprint density at radius 1 is 1.23 bits per heavy atom. The molecule has 1 heterocycles. The van der Waals surface area contributed by atoms with Crippen LogP contribution in [0.5, 0.6) is 0 Å². The number of aryl methyl sites for hydroxylation is 2. The van der Waals surface area contributed by atoms with Gasteiger partial charge in [0.25, 0.3) is 0 Å². The summed E-state index contributed by atoms with van der Waals surface area (Å²) in [6.45, 7) is 11.8. The lowest BCUT2D eigenvalue weighted by Crippen LogP contribution is -2.04. The zero-order valence-electron chi connectivity index (χ0n) is 14.4. The number of fused-ring (bicyclic) bond motifs is 1. The highest BCUT2D eigenvalue weighted by molar-refractivity contribution is 5.97. The van der Waals surface area contributed by atoms with E-state index in [4.69, 9.17) is 0 Å². The Morgan fingerprint density at radius 3 is 2.41 bits per heavy atom. The zero-order valence-corrected chi connectivity index (χ0v) is 14.4. The molecule has 0 aliphatic heterocycles. The van der Waals surface area contributed by atoms with Crippen LogP contribution >= 0.6 is 0 Å². The van der Waals surface area contributed by atoms with Gasteiger partial charge in [0.05, 0.1) is 11.1 Å². The fourth-order valence-electron chi connectivity index (χ4n) is 3.35. The summed E-state index contributed by atoms with van der Waals surface area (Å²) in [6.07, 6.45) is 3.15. The Balaban J connectivity index is 2.89. The molecule has 0 bridgehead atoms. The van der Waals surface area contributed by atoms with Crippen molar-refractivity contribution in [3.63, 3.8) is 0 Å². The van der Waals surface area contributed by atoms with Crippen molar-refractivity contribution in [3.8, 4) is 0 Å². The first kappa shape index (κ1) is 16.6. The summed E-state index contributed by atoms with van der Waals surface area (Å²) in [4.78, 5) is 11.5. The minimum atomic E-state index is -0.841. The summed E-state index contributed by atoms with van der Waals surface area (Å²) in [5.74, 6) is -0.534. The summed E-state index contributed by atoms with van der Waals surface area (Å²) < 4.78 is 2.39. The van der Waals surface area contributed by atoms with E-state index >= 15 is 0 Å². The summed E-state index contributed by atoms with van der Waals surface area (Å²) in [5.41, 5.74) is 5.40. The maximum atomic E-state index is 11.5. The van der Waals surface area contributed by atoms with Gasteiger partial charge in [-0.25, -0.2) is 4.79 Å². The molecule has 1 aromatic carbocycles. The Labute approximate surface area is 133 Å². The van der Waals surface area contributed by atoms with Gasteiger partial charge in [-0.3, -0.25) is 0 Å². The van der Waals surface area contributed by atoms with Crippen LogP contribution in [0.2, 0.25) is 0 Å². The third-order valence-electron chi connectivity index (χ3n) is 4.39. The number of rotatable bonds is 6. The number of carboxylic acid groups (broad SMARTS) is 1. The topological polar surface area (TPSA) is 42.2 Å². The molecule has 0 aliphatic rings. The lowest BCUT2D eigenvalue weighted by atomic mass is 9.95. The number of carbonyl (C=O) groups is 1. The molecule has 22 heavy (non-hydrogen) atoms. The summed E-state index contributed by atoms with van der Waals surface area (Å²) in [5, 5.41) is 10.6. The summed E-state index contributed by atoms with van der Waals surface area (Å²) in [7, 11) is 0. The van der Waals surface area contributed by atoms with E-state index in [2.05, 4.69) is 39.2 Å². The van der Waals surface area contributed by atoms with E-state index in [1.807, 2.05) is 12.1 Å². The van der Waals surface area contributed by atoms with Gasteiger partial charge in [0.2, 0.25) is 0 Å². The Hall–Kier alpha value is -1.77.